The molecule has 0 amide bonds. The summed E-state index contributed by atoms with van der Waals surface area (Å²) in [5.41, 5.74) is 0. The van der Waals surface area contributed by atoms with Crippen LogP contribution in [0.15, 0.2) is 0 Å². The second kappa shape index (κ2) is 4.40. The quantitative estimate of drug-likeness (QED) is 0.716. The van der Waals surface area contributed by atoms with Crippen molar-refractivity contribution in [2.75, 3.05) is 40.3 Å². The third-order valence-corrected chi connectivity index (χ3v) is 4.04. The molecule has 0 radical (unpaired) electrons. The highest BCUT2D eigenvalue weighted by atomic mass is 15.2. The molecule has 1 N–H and O–H groups in total. The van der Waals surface area contributed by atoms with Gasteiger partial charge in [0.05, 0.1) is 0 Å². The van der Waals surface area contributed by atoms with Gasteiger partial charge in [-0.25, -0.2) is 0 Å². The maximum Gasteiger partial charge on any atom is 0.0194 e. The second-order valence-electron chi connectivity index (χ2n) is 5.68. The number of rotatable bonds is 2. The van der Waals surface area contributed by atoms with E-state index in [4.69, 9.17) is 0 Å². The standard InChI is InChI=1S/C12H25N3/c1-9(2)15-7-10-5-13-6-11(8-15)12(10)14(3)4/h9-13H,5-8H2,1-4H3. The van der Waals surface area contributed by atoms with Crippen molar-refractivity contribution in [2.45, 2.75) is 25.9 Å². The zero-order valence-electron chi connectivity index (χ0n) is 10.5. The van der Waals surface area contributed by atoms with E-state index in [2.05, 4.69) is 43.1 Å². The third-order valence-electron chi connectivity index (χ3n) is 4.04. The van der Waals surface area contributed by atoms with Crippen LogP contribution in [0, 0.1) is 11.8 Å². The van der Waals surface area contributed by atoms with Crippen molar-refractivity contribution in [2.24, 2.45) is 11.8 Å². The molecule has 2 saturated heterocycles. The van der Waals surface area contributed by atoms with Crippen LogP contribution < -0.4 is 5.32 Å². The molecule has 0 aliphatic carbocycles. The van der Waals surface area contributed by atoms with Crippen LogP contribution in [0.1, 0.15) is 13.8 Å². The number of likely N-dealkylation sites (tertiary alicyclic amines) is 1. The average Bonchev–Trinajstić information content (AvgIpc) is 2.15. The lowest BCUT2D eigenvalue weighted by Crippen LogP contribution is -2.63. The van der Waals surface area contributed by atoms with E-state index in [1.165, 1.54) is 26.2 Å². The molecule has 0 aromatic heterocycles. The number of fused-ring (bicyclic) bond motifs is 2. The molecule has 3 heteroatoms. The van der Waals surface area contributed by atoms with E-state index in [1.54, 1.807) is 0 Å². The van der Waals surface area contributed by atoms with Crippen LogP contribution in [0.4, 0.5) is 0 Å². The van der Waals surface area contributed by atoms with Gasteiger partial charge in [0.15, 0.2) is 0 Å². The minimum Gasteiger partial charge on any atom is -0.316 e. The summed E-state index contributed by atoms with van der Waals surface area (Å²) in [5, 5.41) is 3.58. The third kappa shape index (κ3) is 2.19. The maximum absolute atomic E-state index is 3.58. The Morgan fingerprint density at radius 3 is 2.07 bits per heavy atom. The monoisotopic (exact) mass is 211 g/mol. The van der Waals surface area contributed by atoms with E-state index in [-0.39, 0.29) is 0 Å². The molecule has 2 bridgehead atoms. The lowest BCUT2D eigenvalue weighted by atomic mass is 9.79. The van der Waals surface area contributed by atoms with Crippen LogP contribution in [0.25, 0.3) is 0 Å². The molecule has 0 aromatic rings. The highest BCUT2D eigenvalue weighted by Gasteiger charge is 2.40. The fraction of sp³-hybridized carbons (Fsp3) is 1.00. The molecule has 2 fully saturated rings. The van der Waals surface area contributed by atoms with Crippen LogP contribution in [0.2, 0.25) is 0 Å². The first-order valence-corrected chi connectivity index (χ1v) is 6.20. The summed E-state index contributed by atoms with van der Waals surface area (Å²) in [6, 6.07) is 1.50. The number of nitrogens with zero attached hydrogens (tertiary/aromatic N) is 2. The fourth-order valence-corrected chi connectivity index (χ4v) is 3.37. The zero-order valence-corrected chi connectivity index (χ0v) is 10.5. The highest BCUT2D eigenvalue weighted by Crippen LogP contribution is 2.29. The molecule has 2 aliphatic heterocycles. The summed E-state index contributed by atoms with van der Waals surface area (Å²) >= 11 is 0. The van der Waals surface area contributed by atoms with Crippen LogP contribution in [0.3, 0.4) is 0 Å². The number of nitrogens with one attached hydrogen (secondary N) is 1. The molecule has 2 atom stereocenters. The molecule has 88 valence electrons. The fourth-order valence-electron chi connectivity index (χ4n) is 3.37. The molecule has 3 nitrogen and oxygen atoms in total. The van der Waals surface area contributed by atoms with Crippen molar-refractivity contribution >= 4 is 0 Å². The van der Waals surface area contributed by atoms with Crippen molar-refractivity contribution in [3.8, 4) is 0 Å². The van der Waals surface area contributed by atoms with Crippen LogP contribution in [-0.4, -0.2) is 62.2 Å². The van der Waals surface area contributed by atoms with Gasteiger partial charge in [-0.1, -0.05) is 0 Å². The molecule has 0 spiro atoms. The molecule has 0 aromatic carbocycles. The molecule has 2 heterocycles. The Bertz CT molecular complexity index is 201. The second-order valence-corrected chi connectivity index (χ2v) is 5.68. The van der Waals surface area contributed by atoms with Crippen molar-refractivity contribution in [3.05, 3.63) is 0 Å². The van der Waals surface area contributed by atoms with E-state index in [9.17, 15) is 0 Å². The summed E-state index contributed by atoms with van der Waals surface area (Å²) in [6.45, 7) is 9.57. The largest absolute Gasteiger partial charge is 0.316 e. The van der Waals surface area contributed by atoms with Crippen molar-refractivity contribution in [1.82, 2.24) is 15.1 Å². The molecule has 2 aliphatic rings. The smallest absolute Gasteiger partial charge is 0.0194 e. The van der Waals surface area contributed by atoms with E-state index in [0.29, 0.717) is 6.04 Å². The van der Waals surface area contributed by atoms with Crippen LogP contribution in [-0.2, 0) is 0 Å². The first-order valence-electron chi connectivity index (χ1n) is 6.20. The molecule has 2 unspecified atom stereocenters. The summed E-state index contributed by atoms with van der Waals surface area (Å²) in [5.74, 6) is 1.63. The molecule has 0 saturated carbocycles. The Kier molecular flexibility index (Phi) is 3.33. The lowest BCUT2D eigenvalue weighted by Gasteiger charge is -2.51. The van der Waals surface area contributed by atoms with Crippen LogP contribution >= 0.6 is 0 Å². The zero-order chi connectivity index (χ0) is 11.0. The first kappa shape index (κ1) is 11.4. The first-order chi connectivity index (χ1) is 7.09. The Hall–Kier alpha value is -0.120. The maximum atomic E-state index is 3.58. The van der Waals surface area contributed by atoms with Gasteiger partial charge in [-0.3, -0.25) is 0 Å². The Balaban J connectivity index is 2.08. The van der Waals surface area contributed by atoms with E-state index >= 15 is 0 Å². The van der Waals surface area contributed by atoms with Gasteiger partial charge in [-0.15, -0.1) is 0 Å². The number of hydrogen-bond donors (Lipinski definition) is 1. The van der Waals surface area contributed by atoms with Gasteiger partial charge >= 0.3 is 0 Å². The van der Waals surface area contributed by atoms with Crippen LogP contribution in [0.5, 0.6) is 0 Å². The summed E-state index contributed by atoms with van der Waals surface area (Å²) < 4.78 is 0. The lowest BCUT2D eigenvalue weighted by molar-refractivity contribution is -0.00120. The molecule has 2 rings (SSSR count). The Labute approximate surface area is 93.8 Å². The van der Waals surface area contributed by atoms with Gasteiger partial charge in [0.2, 0.25) is 0 Å². The van der Waals surface area contributed by atoms with Crippen molar-refractivity contribution in [1.29, 1.82) is 0 Å². The van der Waals surface area contributed by atoms with E-state index in [1.807, 2.05) is 0 Å². The van der Waals surface area contributed by atoms with Gasteiger partial charge in [-0.05, 0) is 39.8 Å². The Morgan fingerprint density at radius 2 is 1.67 bits per heavy atom. The summed E-state index contributed by atoms with van der Waals surface area (Å²) in [4.78, 5) is 5.09. The number of hydrogen-bond acceptors (Lipinski definition) is 3. The van der Waals surface area contributed by atoms with Gasteiger partial charge in [0, 0.05) is 38.3 Å². The van der Waals surface area contributed by atoms with Gasteiger partial charge in [-0.2, -0.15) is 0 Å². The highest BCUT2D eigenvalue weighted by molar-refractivity contribution is 4.97. The minimum absolute atomic E-state index is 0.705. The van der Waals surface area contributed by atoms with Gasteiger partial charge in [0.25, 0.3) is 0 Å². The topological polar surface area (TPSA) is 18.5 Å². The summed E-state index contributed by atoms with van der Waals surface area (Å²) in [6.07, 6.45) is 0. The Morgan fingerprint density at radius 1 is 1.13 bits per heavy atom. The van der Waals surface area contributed by atoms with Gasteiger partial charge in [0.1, 0.15) is 0 Å². The van der Waals surface area contributed by atoms with Crippen molar-refractivity contribution < 1.29 is 0 Å². The average molecular weight is 211 g/mol. The SMILES string of the molecule is CC(C)N1CC2CNCC(C1)C2N(C)C. The molecular formula is C12H25N3. The minimum atomic E-state index is 0.705. The van der Waals surface area contributed by atoms with E-state index < -0.39 is 0 Å². The molecule has 15 heavy (non-hydrogen) atoms. The predicted octanol–water partition coefficient (Wildman–Crippen LogP) is 0.476. The predicted molar refractivity (Wildman–Crippen MR) is 64.0 cm³/mol. The number of piperidine rings is 2. The van der Waals surface area contributed by atoms with Crippen molar-refractivity contribution in [3.63, 3.8) is 0 Å². The van der Waals surface area contributed by atoms with E-state index in [0.717, 1.165) is 17.9 Å². The normalized spacial score (nSPS) is 37.6. The molecular weight excluding hydrogens is 186 g/mol. The summed E-state index contributed by atoms with van der Waals surface area (Å²) in [7, 11) is 4.47. The van der Waals surface area contributed by atoms with Gasteiger partial charge < -0.3 is 15.1 Å².